The molecule has 2 amide bonds. The van der Waals surface area contributed by atoms with E-state index in [4.69, 9.17) is 11.1 Å². The zero-order valence-electron chi connectivity index (χ0n) is 19.2. The number of carboxylic acid groups (broad SMARTS) is 1. The molecule has 0 radical (unpaired) electrons. The maximum Gasteiger partial charge on any atom is 0.317 e. The van der Waals surface area contributed by atoms with Gasteiger partial charge in [-0.1, -0.05) is 54.6 Å². The molecule has 34 heavy (non-hydrogen) atoms. The molecule has 1 saturated heterocycles. The van der Waals surface area contributed by atoms with Crippen molar-refractivity contribution in [2.75, 3.05) is 13.1 Å². The molecule has 0 aromatic heterocycles. The van der Waals surface area contributed by atoms with Gasteiger partial charge in [0.25, 0.3) is 0 Å². The van der Waals surface area contributed by atoms with Crippen molar-refractivity contribution in [3.8, 4) is 0 Å². The number of hydrogen-bond donors (Lipinski definition) is 5. The molecule has 1 unspecified atom stereocenters. The number of rotatable bonds is 9. The number of hydrogen-bond acceptors (Lipinski definition) is 5. The average Bonchev–Trinajstić information content (AvgIpc) is 2.83. The molecule has 1 aliphatic heterocycles. The number of carboxylic acids is 1. The van der Waals surface area contributed by atoms with Crippen LogP contribution in [0.15, 0.2) is 54.6 Å². The lowest BCUT2D eigenvalue weighted by molar-refractivity contribution is -0.141. The van der Waals surface area contributed by atoms with E-state index in [9.17, 15) is 19.5 Å². The highest BCUT2D eigenvalue weighted by Crippen LogP contribution is 2.31. The number of benzene rings is 2. The van der Waals surface area contributed by atoms with Gasteiger partial charge in [-0.3, -0.25) is 24.7 Å². The Balaban J connectivity index is 1.60. The third-order valence-electron chi connectivity index (χ3n) is 6.11. The number of amides is 2. The second-order valence-electron chi connectivity index (χ2n) is 8.57. The SMILES string of the molecule is CC(NC(=O)[C@H]1C[C@@H](c2ccccc2)CCN1CC(=O)O)C(=O)NCc1ccc(C(=N)N)cc1. The number of carbonyl (C=O) groups excluding carboxylic acids is 2. The highest BCUT2D eigenvalue weighted by Gasteiger charge is 2.35. The van der Waals surface area contributed by atoms with Gasteiger partial charge in [-0.05, 0) is 36.8 Å². The van der Waals surface area contributed by atoms with Crippen LogP contribution >= 0.6 is 0 Å². The van der Waals surface area contributed by atoms with E-state index in [1.54, 1.807) is 36.1 Å². The van der Waals surface area contributed by atoms with E-state index in [1.165, 1.54) is 0 Å². The number of amidine groups is 1. The normalized spacial score (nSPS) is 19.1. The molecule has 1 aliphatic rings. The second kappa shape index (κ2) is 11.4. The summed E-state index contributed by atoms with van der Waals surface area (Å²) in [5.74, 6) is -1.57. The molecule has 0 bridgehead atoms. The third-order valence-corrected chi connectivity index (χ3v) is 6.11. The maximum atomic E-state index is 13.1. The first-order chi connectivity index (χ1) is 16.2. The Morgan fingerprint density at radius 1 is 1.15 bits per heavy atom. The fourth-order valence-corrected chi connectivity index (χ4v) is 4.20. The van der Waals surface area contributed by atoms with Crippen LogP contribution in [0, 0.1) is 5.41 Å². The van der Waals surface area contributed by atoms with Crippen LogP contribution in [0.2, 0.25) is 0 Å². The number of nitrogens with one attached hydrogen (secondary N) is 3. The predicted octanol–water partition coefficient (Wildman–Crippen LogP) is 1.42. The molecular formula is C25H31N5O4. The van der Waals surface area contributed by atoms with Crippen LogP contribution in [0.3, 0.4) is 0 Å². The summed E-state index contributed by atoms with van der Waals surface area (Å²) in [6, 6.07) is 15.4. The van der Waals surface area contributed by atoms with Crippen LogP contribution in [0.25, 0.3) is 0 Å². The zero-order valence-corrected chi connectivity index (χ0v) is 19.2. The summed E-state index contributed by atoms with van der Waals surface area (Å²) < 4.78 is 0. The summed E-state index contributed by atoms with van der Waals surface area (Å²) in [5, 5.41) is 22.3. The van der Waals surface area contributed by atoms with Crippen LogP contribution in [0.4, 0.5) is 0 Å². The maximum absolute atomic E-state index is 13.1. The number of nitrogens with zero attached hydrogens (tertiary/aromatic N) is 1. The molecule has 1 heterocycles. The number of likely N-dealkylation sites (tertiary alicyclic amines) is 1. The molecule has 9 heteroatoms. The Kier molecular flexibility index (Phi) is 8.37. The van der Waals surface area contributed by atoms with Crippen molar-refractivity contribution < 1.29 is 19.5 Å². The van der Waals surface area contributed by atoms with Crippen molar-refractivity contribution in [3.63, 3.8) is 0 Å². The third kappa shape index (κ3) is 6.64. The summed E-state index contributed by atoms with van der Waals surface area (Å²) in [6.07, 6.45) is 1.25. The smallest absolute Gasteiger partial charge is 0.317 e. The first-order valence-electron chi connectivity index (χ1n) is 11.3. The molecular weight excluding hydrogens is 434 g/mol. The van der Waals surface area contributed by atoms with Crippen LogP contribution in [-0.2, 0) is 20.9 Å². The van der Waals surface area contributed by atoms with Gasteiger partial charge in [-0.25, -0.2) is 0 Å². The van der Waals surface area contributed by atoms with Gasteiger partial charge in [-0.15, -0.1) is 0 Å². The van der Waals surface area contributed by atoms with Crippen LogP contribution in [0.5, 0.6) is 0 Å². The lowest BCUT2D eigenvalue weighted by atomic mass is 9.85. The molecule has 2 aromatic rings. The molecule has 0 spiro atoms. The van der Waals surface area contributed by atoms with E-state index in [0.717, 1.165) is 17.5 Å². The van der Waals surface area contributed by atoms with Crippen LogP contribution in [0.1, 0.15) is 42.4 Å². The van der Waals surface area contributed by atoms with Crippen molar-refractivity contribution in [2.45, 2.75) is 44.3 Å². The minimum atomic E-state index is -0.988. The highest BCUT2D eigenvalue weighted by molar-refractivity contribution is 5.95. The second-order valence-corrected chi connectivity index (χ2v) is 8.57. The number of aliphatic carboxylic acids is 1. The molecule has 3 atom stereocenters. The van der Waals surface area contributed by atoms with Gasteiger partial charge in [0.1, 0.15) is 11.9 Å². The average molecular weight is 466 g/mol. The van der Waals surface area contributed by atoms with E-state index in [1.807, 2.05) is 30.3 Å². The zero-order chi connectivity index (χ0) is 24.7. The summed E-state index contributed by atoms with van der Waals surface area (Å²) in [7, 11) is 0. The van der Waals surface area contributed by atoms with E-state index in [-0.39, 0.29) is 36.7 Å². The Morgan fingerprint density at radius 2 is 1.82 bits per heavy atom. The molecule has 6 N–H and O–H groups in total. The topological polar surface area (TPSA) is 149 Å². The summed E-state index contributed by atoms with van der Waals surface area (Å²) in [5.41, 5.74) is 8.01. The Hall–Kier alpha value is -3.72. The van der Waals surface area contributed by atoms with E-state index in [2.05, 4.69) is 10.6 Å². The quantitative estimate of drug-likeness (QED) is 0.279. The highest BCUT2D eigenvalue weighted by atomic mass is 16.4. The van der Waals surface area contributed by atoms with Crippen molar-refractivity contribution in [3.05, 3.63) is 71.3 Å². The molecule has 1 fully saturated rings. The van der Waals surface area contributed by atoms with Crippen LogP contribution < -0.4 is 16.4 Å². The van der Waals surface area contributed by atoms with Gasteiger partial charge < -0.3 is 21.5 Å². The molecule has 2 aromatic carbocycles. The number of carbonyl (C=O) groups is 3. The number of piperidine rings is 1. The van der Waals surface area contributed by atoms with Crippen molar-refractivity contribution in [1.82, 2.24) is 15.5 Å². The van der Waals surface area contributed by atoms with Crippen molar-refractivity contribution >= 4 is 23.6 Å². The predicted molar refractivity (Wildman–Crippen MR) is 128 cm³/mol. The lowest BCUT2D eigenvalue weighted by Gasteiger charge is -2.38. The Labute approximate surface area is 198 Å². The van der Waals surface area contributed by atoms with Gasteiger partial charge in [0.2, 0.25) is 11.8 Å². The number of nitrogens with two attached hydrogens (primary N) is 1. The summed E-state index contributed by atoms with van der Waals surface area (Å²) in [6.45, 7) is 2.13. The first-order valence-corrected chi connectivity index (χ1v) is 11.3. The first kappa shape index (κ1) is 24.9. The van der Waals surface area contributed by atoms with Crippen LogP contribution in [-0.4, -0.2) is 58.8 Å². The minimum absolute atomic E-state index is 0.0268. The van der Waals surface area contributed by atoms with Gasteiger partial charge in [0.15, 0.2) is 0 Å². The summed E-state index contributed by atoms with van der Waals surface area (Å²) >= 11 is 0. The van der Waals surface area contributed by atoms with Gasteiger partial charge >= 0.3 is 5.97 Å². The molecule has 3 rings (SSSR count). The molecule has 0 aliphatic carbocycles. The summed E-state index contributed by atoms with van der Waals surface area (Å²) in [4.78, 5) is 38.7. The number of nitrogen functional groups attached to an aromatic ring is 1. The standard InChI is InChI=1S/C25H31N5O4/c1-16(24(33)28-14-17-7-9-19(10-8-17)23(26)27)29-25(34)21-13-20(18-5-3-2-4-6-18)11-12-30(21)15-22(31)32/h2-10,16,20-21H,11-15H2,1H3,(H3,26,27)(H,28,33)(H,29,34)(H,31,32)/t16?,20-,21+/m0/s1. The van der Waals surface area contributed by atoms with E-state index in [0.29, 0.717) is 18.5 Å². The van der Waals surface area contributed by atoms with Gasteiger partial charge in [0.05, 0.1) is 12.6 Å². The largest absolute Gasteiger partial charge is 0.480 e. The van der Waals surface area contributed by atoms with Crippen molar-refractivity contribution in [2.24, 2.45) is 5.73 Å². The van der Waals surface area contributed by atoms with E-state index >= 15 is 0 Å². The van der Waals surface area contributed by atoms with Crippen molar-refractivity contribution in [1.29, 1.82) is 5.41 Å². The molecule has 180 valence electrons. The fourth-order valence-electron chi connectivity index (χ4n) is 4.20. The lowest BCUT2D eigenvalue weighted by Crippen LogP contribution is -2.55. The Bertz CT molecular complexity index is 1030. The Morgan fingerprint density at radius 3 is 2.44 bits per heavy atom. The molecule has 9 nitrogen and oxygen atoms in total. The fraction of sp³-hybridized carbons (Fsp3) is 0.360. The molecule has 0 saturated carbocycles. The van der Waals surface area contributed by atoms with E-state index < -0.39 is 18.1 Å². The van der Waals surface area contributed by atoms with Gasteiger partial charge in [0, 0.05) is 18.7 Å². The monoisotopic (exact) mass is 465 g/mol. The minimum Gasteiger partial charge on any atom is -0.480 e. The van der Waals surface area contributed by atoms with Gasteiger partial charge in [-0.2, -0.15) is 0 Å².